The quantitative estimate of drug-likeness (QED) is 0.229. The maximum Gasteiger partial charge on any atom is 0.335 e. The molecule has 4 saturated carbocycles. The molecule has 5 aliphatic carbocycles. The van der Waals surface area contributed by atoms with E-state index in [0.29, 0.717) is 42.3 Å². The van der Waals surface area contributed by atoms with Gasteiger partial charge in [0, 0.05) is 13.1 Å². The molecule has 5 aliphatic rings. The summed E-state index contributed by atoms with van der Waals surface area (Å²) in [6.45, 7) is 20.3. The predicted molar refractivity (Wildman–Crippen MR) is 194 cm³/mol. The first-order valence-electron chi connectivity index (χ1n) is 18.8. The highest BCUT2D eigenvalue weighted by atomic mass is 16.4. The minimum Gasteiger partial charge on any atom is -0.480 e. The third-order valence-corrected chi connectivity index (χ3v) is 15.7. The van der Waals surface area contributed by atoms with E-state index in [4.69, 9.17) is 5.11 Å². The zero-order valence-corrected chi connectivity index (χ0v) is 31.0. The van der Waals surface area contributed by atoms with E-state index in [9.17, 15) is 19.5 Å². The lowest BCUT2D eigenvalue weighted by Crippen LogP contribution is -2.66. The van der Waals surface area contributed by atoms with Gasteiger partial charge in [-0.15, -0.1) is 0 Å². The van der Waals surface area contributed by atoms with Gasteiger partial charge in [0.2, 0.25) is 5.91 Å². The van der Waals surface area contributed by atoms with Gasteiger partial charge in [-0.1, -0.05) is 65.0 Å². The second-order valence-electron chi connectivity index (χ2n) is 18.2. The summed E-state index contributed by atoms with van der Waals surface area (Å²) in [7, 11) is 1.79. The van der Waals surface area contributed by atoms with Crippen molar-refractivity contribution in [1.29, 1.82) is 0 Å². The van der Waals surface area contributed by atoms with Crippen LogP contribution in [0.4, 0.5) is 0 Å². The molecule has 0 aliphatic heterocycles. The van der Waals surface area contributed by atoms with Crippen LogP contribution in [-0.4, -0.2) is 59.6 Å². The summed E-state index contributed by atoms with van der Waals surface area (Å²) >= 11 is 0. The Hall–Kier alpha value is -2.93. The lowest BCUT2D eigenvalue weighted by Gasteiger charge is -2.72. The number of benzene rings is 1. The standard InChI is InChI=1S/C42H60N2O5/c1-26(2)29-15-20-42(37(49)43-23-24-44(8)25-34(45)46)22-21-40(6)31(35(29)42)13-14-33-39(5)18-16-30(27-9-11-28(12-10-27)36(47)48)38(3,4)32(39)17-19-41(33,40)7/h9-12,16,29,31-33,35H,1,13-15,17-25H2,2-8H3,(H,43,49)(H,45,46)(H,47,48)/t29-,31?,32?,33?,35?,39-,40+,41+,42-/m0/s1. The van der Waals surface area contributed by atoms with Gasteiger partial charge in [-0.3, -0.25) is 14.5 Å². The van der Waals surface area contributed by atoms with Gasteiger partial charge in [0.1, 0.15) is 0 Å². The van der Waals surface area contributed by atoms with Crippen LogP contribution in [-0.2, 0) is 9.59 Å². The lowest BCUT2D eigenvalue weighted by atomic mass is 9.32. The van der Waals surface area contributed by atoms with Gasteiger partial charge in [-0.2, -0.15) is 0 Å². The number of nitrogens with zero attached hydrogens (tertiary/aromatic N) is 1. The van der Waals surface area contributed by atoms with E-state index in [1.54, 1.807) is 24.1 Å². The van der Waals surface area contributed by atoms with Gasteiger partial charge >= 0.3 is 11.9 Å². The van der Waals surface area contributed by atoms with Gasteiger partial charge in [0.15, 0.2) is 0 Å². The maximum absolute atomic E-state index is 14.3. The van der Waals surface area contributed by atoms with E-state index in [1.807, 2.05) is 12.1 Å². The number of aromatic carboxylic acids is 1. The number of fused-ring (bicyclic) bond motifs is 7. The van der Waals surface area contributed by atoms with Crippen LogP contribution in [0, 0.1) is 56.7 Å². The Morgan fingerprint density at radius 1 is 0.898 bits per heavy atom. The molecule has 268 valence electrons. The second kappa shape index (κ2) is 12.4. The highest BCUT2D eigenvalue weighted by Gasteiger charge is 2.71. The molecule has 0 bridgehead atoms. The first-order chi connectivity index (χ1) is 22.9. The molecule has 7 heteroatoms. The minimum atomic E-state index is -0.889. The number of carbonyl (C=O) groups is 3. The number of carboxylic acid groups (broad SMARTS) is 2. The average Bonchev–Trinajstić information content (AvgIpc) is 3.42. The summed E-state index contributed by atoms with van der Waals surface area (Å²) < 4.78 is 0. The maximum atomic E-state index is 14.3. The molecule has 6 rings (SSSR count). The smallest absolute Gasteiger partial charge is 0.335 e. The lowest BCUT2D eigenvalue weighted by molar-refractivity contribution is -0.225. The molecular formula is C42H60N2O5. The molecule has 1 aromatic carbocycles. The SMILES string of the molecule is C=C(C)[C@@H]1CC[C@]2(C(=O)NCCN(C)CC(=O)O)CC[C@]3(C)C(CCC4[C@@]5(C)CC=C(c6ccc(C(=O)O)cc6)C(C)(C)C5CC[C@]43C)C12. The van der Waals surface area contributed by atoms with Crippen LogP contribution in [0.5, 0.6) is 0 Å². The Morgan fingerprint density at radius 3 is 2.22 bits per heavy atom. The average molecular weight is 673 g/mol. The first-order valence-corrected chi connectivity index (χ1v) is 18.8. The number of amides is 1. The number of carboxylic acids is 2. The summed E-state index contributed by atoms with van der Waals surface area (Å²) in [5.74, 6) is 0.644. The van der Waals surface area contributed by atoms with Crippen molar-refractivity contribution < 1.29 is 24.6 Å². The third-order valence-electron chi connectivity index (χ3n) is 15.7. The van der Waals surface area contributed by atoms with E-state index in [2.05, 4.69) is 59.5 Å². The van der Waals surface area contributed by atoms with Crippen molar-refractivity contribution in [3.63, 3.8) is 0 Å². The van der Waals surface area contributed by atoms with Crippen molar-refractivity contribution in [1.82, 2.24) is 10.2 Å². The summed E-state index contributed by atoms with van der Waals surface area (Å²) in [4.78, 5) is 38.8. The summed E-state index contributed by atoms with van der Waals surface area (Å²) in [6, 6.07) is 7.48. The largest absolute Gasteiger partial charge is 0.480 e. The highest BCUT2D eigenvalue weighted by Crippen LogP contribution is 2.77. The fourth-order valence-corrected chi connectivity index (χ4v) is 13.3. The fourth-order valence-electron chi connectivity index (χ4n) is 13.3. The Labute approximate surface area is 294 Å². The predicted octanol–water partition coefficient (Wildman–Crippen LogP) is 8.17. The van der Waals surface area contributed by atoms with Crippen LogP contribution in [0.1, 0.15) is 115 Å². The van der Waals surface area contributed by atoms with Gasteiger partial charge in [-0.05, 0) is 146 Å². The molecule has 7 nitrogen and oxygen atoms in total. The Kier molecular flexibility index (Phi) is 9.07. The van der Waals surface area contributed by atoms with Crippen LogP contribution < -0.4 is 5.32 Å². The van der Waals surface area contributed by atoms with Gasteiger partial charge in [-0.25, -0.2) is 4.79 Å². The van der Waals surface area contributed by atoms with Crippen molar-refractivity contribution in [2.75, 3.05) is 26.7 Å². The van der Waals surface area contributed by atoms with Crippen LogP contribution in [0.2, 0.25) is 0 Å². The monoisotopic (exact) mass is 672 g/mol. The van der Waals surface area contributed by atoms with E-state index < -0.39 is 11.9 Å². The number of nitrogens with one attached hydrogen (secondary N) is 1. The van der Waals surface area contributed by atoms with Gasteiger partial charge in [0.05, 0.1) is 17.5 Å². The summed E-state index contributed by atoms with van der Waals surface area (Å²) in [6.07, 6.45) is 12.1. The van der Waals surface area contributed by atoms with Crippen molar-refractivity contribution >= 4 is 23.4 Å². The highest BCUT2D eigenvalue weighted by molar-refractivity contribution is 5.88. The zero-order valence-electron chi connectivity index (χ0n) is 31.0. The molecule has 1 aromatic rings. The number of likely N-dealkylation sites (N-methyl/N-ethyl adjacent to an activating group) is 1. The zero-order chi connectivity index (χ0) is 35.7. The van der Waals surface area contributed by atoms with E-state index >= 15 is 0 Å². The van der Waals surface area contributed by atoms with Crippen molar-refractivity contribution in [2.24, 2.45) is 56.7 Å². The molecule has 3 N–H and O–H groups in total. The number of aliphatic carboxylic acids is 1. The topological polar surface area (TPSA) is 107 Å². The summed E-state index contributed by atoms with van der Waals surface area (Å²) in [5, 5.41) is 21.9. The molecule has 0 aromatic heterocycles. The Bertz CT molecular complexity index is 1550. The Balaban J connectivity index is 1.29. The van der Waals surface area contributed by atoms with E-state index in [0.717, 1.165) is 44.1 Å². The molecule has 0 saturated heterocycles. The molecule has 9 atom stereocenters. The number of rotatable bonds is 9. The third kappa shape index (κ3) is 5.43. The molecule has 0 heterocycles. The number of hydrogen-bond donors (Lipinski definition) is 3. The minimum absolute atomic E-state index is 0.0322. The number of carbonyl (C=O) groups excluding carboxylic acids is 1. The second-order valence-corrected chi connectivity index (χ2v) is 18.2. The van der Waals surface area contributed by atoms with Crippen LogP contribution in [0.25, 0.3) is 5.57 Å². The normalized spacial score (nSPS) is 39.1. The van der Waals surface area contributed by atoms with Crippen molar-refractivity contribution in [3.05, 3.63) is 53.6 Å². The van der Waals surface area contributed by atoms with Crippen molar-refractivity contribution in [3.8, 4) is 0 Å². The van der Waals surface area contributed by atoms with Gasteiger partial charge < -0.3 is 15.5 Å². The van der Waals surface area contributed by atoms with Crippen molar-refractivity contribution in [2.45, 2.75) is 99.3 Å². The first kappa shape index (κ1) is 35.9. The molecule has 0 spiro atoms. The molecule has 1 amide bonds. The molecular weight excluding hydrogens is 612 g/mol. The Morgan fingerprint density at radius 2 is 1.59 bits per heavy atom. The summed E-state index contributed by atoms with van der Waals surface area (Å²) in [5.41, 5.74) is 4.07. The van der Waals surface area contributed by atoms with E-state index in [-0.39, 0.29) is 45.4 Å². The molecule has 4 unspecified atom stereocenters. The molecule has 0 radical (unpaired) electrons. The van der Waals surface area contributed by atoms with Gasteiger partial charge in [0.25, 0.3) is 0 Å². The van der Waals surface area contributed by atoms with Crippen LogP contribution in [0.3, 0.4) is 0 Å². The fraction of sp³-hybridized carbons (Fsp3) is 0.690. The van der Waals surface area contributed by atoms with Crippen LogP contribution >= 0.6 is 0 Å². The number of allylic oxidation sites excluding steroid dienone is 3. The number of hydrogen-bond acceptors (Lipinski definition) is 4. The molecule has 49 heavy (non-hydrogen) atoms. The van der Waals surface area contributed by atoms with Crippen LogP contribution in [0.15, 0.2) is 42.5 Å². The molecule has 4 fully saturated rings. The van der Waals surface area contributed by atoms with E-state index in [1.165, 1.54) is 30.4 Å².